The average molecular weight is 488 g/mol. The Morgan fingerprint density at radius 3 is 2.20 bits per heavy atom. The third-order valence-corrected chi connectivity index (χ3v) is 6.98. The van der Waals surface area contributed by atoms with E-state index in [1.165, 1.54) is 7.11 Å². The second-order valence-corrected chi connectivity index (χ2v) is 8.74. The standard InChI is InChI=1S/C22H31BrFNO5/c1-27-21(26)17-8-9-18(20(24)19(17)23)25-12-10-16(11-13-25)30-15-6-4-14(5-7-15)22(28-2)29-3/h8-9,14-16,22H,4-7,10-13H2,1-3H3/t14-,15-. The average Bonchev–Trinajstić information content (AvgIpc) is 2.78. The van der Waals surface area contributed by atoms with E-state index in [4.69, 9.17) is 18.9 Å². The number of rotatable bonds is 7. The quantitative estimate of drug-likeness (QED) is 0.415. The molecule has 6 nitrogen and oxygen atoms in total. The third kappa shape index (κ3) is 5.33. The Bertz CT molecular complexity index is 714. The lowest BCUT2D eigenvalue weighted by molar-refractivity contribution is -0.153. The summed E-state index contributed by atoms with van der Waals surface area (Å²) in [6.07, 6.45) is 6.18. The molecule has 1 saturated carbocycles. The van der Waals surface area contributed by atoms with Gasteiger partial charge in [-0.2, -0.15) is 0 Å². The van der Waals surface area contributed by atoms with Crippen LogP contribution in [-0.2, 0) is 18.9 Å². The van der Waals surface area contributed by atoms with Gasteiger partial charge >= 0.3 is 5.97 Å². The van der Waals surface area contributed by atoms with Crippen molar-refractivity contribution in [3.8, 4) is 0 Å². The van der Waals surface area contributed by atoms with E-state index in [1.54, 1.807) is 26.4 Å². The predicted molar refractivity (Wildman–Crippen MR) is 115 cm³/mol. The van der Waals surface area contributed by atoms with Gasteiger partial charge in [0.15, 0.2) is 12.1 Å². The molecule has 0 unspecified atom stereocenters. The summed E-state index contributed by atoms with van der Waals surface area (Å²) in [7, 11) is 4.66. The van der Waals surface area contributed by atoms with Crippen molar-refractivity contribution >= 4 is 27.6 Å². The highest BCUT2D eigenvalue weighted by molar-refractivity contribution is 9.10. The first-order chi connectivity index (χ1) is 14.5. The summed E-state index contributed by atoms with van der Waals surface area (Å²) in [4.78, 5) is 13.7. The van der Waals surface area contributed by atoms with Gasteiger partial charge in [0.05, 0.1) is 35.0 Å². The number of halogens is 2. The van der Waals surface area contributed by atoms with Gasteiger partial charge < -0.3 is 23.8 Å². The van der Waals surface area contributed by atoms with E-state index < -0.39 is 11.8 Å². The third-order valence-electron chi connectivity index (χ3n) is 6.20. The van der Waals surface area contributed by atoms with Gasteiger partial charge in [-0.15, -0.1) is 0 Å². The molecule has 0 spiro atoms. The SMILES string of the molecule is COC(=O)c1ccc(N2CCC(O[C@H]3CC[C@H](C(OC)OC)CC3)CC2)c(F)c1Br. The molecule has 1 saturated heterocycles. The monoisotopic (exact) mass is 487 g/mol. The van der Waals surface area contributed by atoms with Crippen LogP contribution in [0, 0.1) is 11.7 Å². The van der Waals surface area contributed by atoms with Gasteiger partial charge in [0.1, 0.15) is 0 Å². The van der Waals surface area contributed by atoms with Gasteiger partial charge in [-0.05, 0) is 66.6 Å². The van der Waals surface area contributed by atoms with Crippen molar-refractivity contribution in [1.29, 1.82) is 0 Å². The summed E-state index contributed by atoms with van der Waals surface area (Å²) in [5.74, 6) is -0.561. The molecule has 0 bridgehead atoms. The van der Waals surface area contributed by atoms with Crippen LogP contribution in [-0.4, -0.2) is 58.9 Å². The molecule has 3 rings (SSSR count). The fourth-order valence-electron chi connectivity index (χ4n) is 4.53. The zero-order valence-corrected chi connectivity index (χ0v) is 19.5. The molecule has 1 heterocycles. The van der Waals surface area contributed by atoms with Crippen LogP contribution in [0.25, 0.3) is 0 Å². The first-order valence-electron chi connectivity index (χ1n) is 10.5. The maximum Gasteiger partial charge on any atom is 0.339 e. The van der Waals surface area contributed by atoms with Crippen molar-refractivity contribution in [2.45, 2.75) is 57.0 Å². The minimum absolute atomic E-state index is 0.131. The molecule has 1 aromatic carbocycles. The Morgan fingerprint density at radius 2 is 1.63 bits per heavy atom. The Morgan fingerprint density at radius 1 is 1.03 bits per heavy atom. The summed E-state index contributed by atoms with van der Waals surface area (Å²) in [6, 6.07) is 3.25. The van der Waals surface area contributed by atoms with Crippen LogP contribution in [0.15, 0.2) is 16.6 Å². The molecular formula is C22H31BrFNO5. The molecule has 0 N–H and O–H groups in total. The number of hydrogen-bond donors (Lipinski definition) is 0. The molecule has 30 heavy (non-hydrogen) atoms. The first-order valence-corrected chi connectivity index (χ1v) is 11.3. The number of esters is 1. The van der Waals surface area contributed by atoms with E-state index in [0.717, 1.165) is 51.6 Å². The molecule has 1 aliphatic carbocycles. The van der Waals surface area contributed by atoms with Crippen LogP contribution in [0.1, 0.15) is 48.9 Å². The van der Waals surface area contributed by atoms with Crippen molar-refractivity contribution in [2.75, 3.05) is 39.3 Å². The van der Waals surface area contributed by atoms with E-state index in [2.05, 4.69) is 15.9 Å². The number of piperidine rings is 1. The van der Waals surface area contributed by atoms with Crippen molar-refractivity contribution in [3.05, 3.63) is 28.0 Å². The second kappa shape index (κ2) is 10.9. The number of methoxy groups -OCH3 is 3. The Hall–Kier alpha value is -1.22. The van der Waals surface area contributed by atoms with Gasteiger partial charge in [-0.3, -0.25) is 0 Å². The van der Waals surface area contributed by atoms with Gasteiger partial charge in [-0.25, -0.2) is 9.18 Å². The zero-order valence-electron chi connectivity index (χ0n) is 17.9. The lowest BCUT2D eigenvalue weighted by Gasteiger charge is -2.38. The van der Waals surface area contributed by atoms with Crippen LogP contribution in [0.5, 0.6) is 0 Å². The number of carbonyl (C=O) groups excluding carboxylic acids is 1. The van der Waals surface area contributed by atoms with Crippen molar-refractivity contribution < 1.29 is 28.1 Å². The molecule has 0 atom stereocenters. The molecule has 1 aliphatic heterocycles. The molecule has 0 amide bonds. The second-order valence-electron chi connectivity index (χ2n) is 7.95. The summed E-state index contributed by atoms with van der Waals surface area (Å²) in [5, 5.41) is 0. The summed E-state index contributed by atoms with van der Waals surface area (Å²) in [5.41, 5.74) is 0.690. The fourth-order valence-corrected chi connectivity index (χ4v) is 5.03. The van der Waals surface area contributed by atoms with Crippen LogP contribution >= 0.6 is 15.9 Å². The van der Waals surface area contributed by atoms with E-state index in [1.807, 2.05) is 4.90 Å². The van der Waals surface area contributed by atoms with Crippen LogP contribution in [0.3, 0.4) is 0 Å². The number of carbonyl (C=O) groups is 1. The van der Waals surface area contributed by atoms with E-state index >= 15 is 0 Å². The summed E-state index contributed by atoms with van der Waals surface area (Å²) >= 11 is 3.20. The molecule has 1 aromatic rings. The number of nitrogens with zero attached hydrogens (tertiary/aromatic N) is 1. The van der Waals surface area contributed by atoms with Gasteiger partial charge in [0.25, 0.3) is 0 Å². The highest BCUT2D eigenvalue weighted by atomic mass is 79.9. The maximum absolute atomic E-state index is 14.8. The normalized spacial score (nSPS) is 23.1. The van der Waals surface area contributed by atoms with Crippen molar-refractivity contribution in [1.82, 2.24) is 0 Å². The fraction of sp³-hybridized carbons (Fsp3) is 0.682. The molecule has 8 heteroatoms. The number of hydrogen-bond acceptors (Lipinski definition) is 6. The van der Waals surface area contributed by atoms with Crippen molar-refractivity contribution in [3.63, 3.8) is 0 Å². The highest BCUT2D eigenvalue weighted by Crippen LogP contribution is 2.34. The predicted octanol–water partition coefficient (Wildman–Crippen LogP) is 4.54. The topological polar surface area (TPSA) is 57.2 Å². The highest BCUT2D eigenvalue weighted by Gasteiger charge is 2.31. The van der Waals surface area contributed by atoms with Gasteiger partial charge in [-0.1, -0.05) is 0 Å². The number of benzene rings is 1. The Labute approximate surface area is 186 Å². The smallest absolute Gasteiger partial charge is 0.339 e. The molecular weight excluding hydrogens is 457 g/mol. The lowest BCUT2D eigenvalue weighted by atomic mass is 9.86. The molecule has 168 valence electrons. The van der Waals surface area contributed by atoms with Crippen LogP contribution in [0.2, 0.25) is 0 Å². The molecule has 0 radical (unpaired) electrons. The Kier molecular flexibility index (Phi) is 8.51. The molecule has 2 aliphatic rings. The number of anilines is 1. The van der Waals surface area contributed by atoms with Gasteiger partial charge in [0, 0.05) is 33.2 Å². The van der Waals surface area contributed by atoms with Crippen molar-refractivity contribution in [2.24, 2.45) is 5.92 Å². The van der Waals surface area contributed by atoms with Crippen LogP contribution < -0.4 is 4.90 Å². The Balaban J connectivity index is 1.50. The van der Waals surface area contributed by atoms with Gasteiger partial charge in [0.2, 0.25) is 0 Å². The van der Waals surface area contributed by atoms with Crippen LogP contribution in [0.4, 0.5) is 10.1 Å². The number of ether oxygens (including phenoxy) is 4. The summed E-state index contributed by atoms with van der Waals surface area (Å²) in [6.45, 7) is 1.44. The largest absolute Gasteiger partial charge is 0.465 e. The minimum atomic E-state index is -0.559. The minimum Gasteiger partial charge on any atom is -0.465 e. The van der Waals surface area contributed by atoms with E-state index in [9.17, 15) is 9.18 Å². The zero-order chi connectivity index (χ0) is 21.7. The first kappa shape index (κ1) is 23.4. The van der Waals surface area contributed by atoms with E-state index in [0.29, 0.717) is 11.6 Å². The van der Waals surface area contributed by atoms with E-state index in [-0.39, 0.29) is 28.5 Å². The lowest BCUT2D eigenvalue weighted by Crippen LogP contribution is -2.40. The molecule has 2 fully saturated rings. The maximum atomic E-state index is 14.8. The summed E-state index contributed by atoms with van der Waals surface area (Å²) < 4.78 is 36.8. The molecule has 0 aromatic heterocycles.